The van der Waals surface area contributed by atoms with E-state index in [9.17, 15) is 0 Å². The molecule has 0 aliphatic heterocycles. The van der Waals surface area contributed by atoms with Gasteiger partial charge in [-0.05, 0) is 49.4 Å². The summed E-state index contributed by atoms with van der Waals surface area (Å²) in [7, 11) is 1.92. The van der Waals surface area contributed by atoms with Gasteiger partial charge in [0.25, 0.3) is 0 Å². The lowest BCUT2D eigenvalue weighted by Gasteiger charge is -2.13. The van der Waals surface area contributed by atoms with E-state index in [0.717, 1.165) is 16.1 Å². The monoisotopic (exact) mass is 309 g/mol. The van der Waals surface area contributed by atoms with Crippen molar-refractivity contribution in [1.82, 2.24) is 5.32 Å². The summed E-state index contributed by atoms with van der Waals surface area (Å²) in [6, 6.07) is 13.7. The van der Waals surface area contributed by atoms with Crippen LogP contribution >= 0.6 is 23.2 Å². The molecule has 0 aliphatic carbocycles. The zero-order chi connectivity index (χ0) is 14.5. The fourth-order valence-corrected chi connectivity index (χ4v) is 2.18. The number of benzene rings is 2. The molecule has 0 saturated carbocycles. The van der Waals surface area contributed by atoms with Crippen molar-refractivity contribution in [1.29, 1.82) is 0 Å². The fraction of sp³-hybridized carbons (Fsp3) is 0.250. The summed E-state index contributed by atoms with van der Waals surface area (Å²) in [6.07, 6.45) is 0. The largest absolute Gasteiger partial charge is 0.487 e. The van der Waals surface area contributed by atoms with E-state index in [0.29, 0.717) is 17.4 Å². The molecule has 1 atom stereocenters. The second-order valence-electron chi connectivity index (χ2n) is 4.62. The first-order chi connectivity index (χ1) is 9.60. The lowest BCUT2D eigenvalue weighted by Crippen LogP contribution is -2.12. The minimum Gasteiger partial charge on any atom is -0.487 e. The van der Waals surface area contributed by atoms with Gasteiger partial charge in [0.1, 0.15) is 12.4 Å². The Morgan fingerprint density at radius 3 is 2.40 bits per heavy atom. The van der Waals surface area contributed by atoms with E-state index in [2.05, 4.69) is 12.2 Å². The van der Waals surface area contributed by atoms with E-state index in [1.54, 1.807) is 0 Å². The van der Waals surface area contributed by atoms with Gasteiger partial charge in [0.2, 0.25) is 0 Å². The molecule has 0 amide bonds. The molecule has 0 saturated heterocycles. The molecule has 0 aromatic heterocycles. The van der Waals surface area contributed by atoms with Gasteiger partial charge in [-0.3, -0.25) is 0 Å². The van der Waals surface area contributed by atoms with Crippen molar-refractivity contribution in [3.63, 3.8) is 0 Å². The Morgan fingerprint density at radius 2 is 1.80 bits per heavy atom. The van der Waals surface area contributed by atoms with Crippen molar-refractivity contribution >= 4 is 23.2 Å². The normalized spacial score (nSPS) is 12.2. The Kier molecular flexibility index (Phi) is 5.30. The summed E-state index contributed by atoms with van der Waals surface area (Å²) in [5.41, 5.74) is 2.19. The topological polar surface area (TPSA) is 21.3 Å². The number of hydrogen-bond donors (Lipinski definition) is 1. The van der Waals surface area contributed by atoms with E-state index in [-0.39, 0.29) is 6.04 Å². The van der Waals surface area contributed by atoms with Gasteiger partial charge in [0.05, 0.1) is 5.02 Å². The van der Waals surface area contributed by atoms with Crippen LogP contribution in [0.4, 0.5) is 0 Å². The SMILES string of the molecule is CNC(C)c1ccc(OCc2ccc(Cl)cc2)c(Cl)c1. The second-order valence-corrected chi connectivity index (χ2v) is 5.46. The van der Waals surface area contributed by atoms with Crippen LogP contribution in [0.5, 0.6) is 5.75 Å². The van der Waals surface area contributed by atoms with Gasteiger partial charge in [-0.1, -0.05) is 41.4 Å². The molecule has 1 unspecified atom stereocenters. The lowest BCUT2D eigenvalue weighted by molar-refractivity contribution is 0.306. The summed E-state index contributed by atoms with van der Waals surface area (Å²) < 4.78 is 5.74. The minimum absolute atomic E-state index is 0.262. The van der Waals surface area contributed by atoms with Crippen molar-refractivity contribution < 1.29 is 4.74 Å². The maximum absolute atomic E-state index is 6.25. The number of rotatable bonds is 5. The molecule has 2 aromatic carbocycles. The van der Waals surface area contributed by atoms with Gasteiger partial charge in [0.15, 0.2) is 0 Å². The summed E-state index contributed by atoms with van der Waals surface area (Å²) in [5, 5.41) is 4.52. The lowest BCUT2D eigenvalue weighted by atomic mass is 10.1. The van der Waals surface area contributed by atoms with Crippen molar-refractivity contribution in [2.75, 3.05) is 7.05 Å². The van der Waals surface area contributed by atoms with Crippen LogP contribution in [0, 0.1) is 0 Å². The second kappa shape index (κ2) is 6.98. The summed E-state index contributed by atoms with van der Waals surface area (Å²) in [4.78, 5) is 0. The quantitative estimate of drug-likeness (QED) is 0.852. The van der Waals surface area contributed by atoms with Gasteiger partial charge in [-0.25, -0.2) is 0 Å². The van der Waals surface area contributed by atoms with Gasteiger partial charge >= 0.3 is 0 Å². The zero-order valence-electron chi connectivity index (χ0n) is 11.5. The molecule has 0 radical (unpaired) electrons. The molecule has 0 bridgehead atoms. The van der Waals surface area contributed by atoms with E-state index >= 15 is 0 Å². The molecule has 106 valence electrons. The third-order valence-electron chi connectivity index (χ3n) is 3.20. The standard InChI is InChI=1S/C16H17Cl2NO/c1-11(19-2)13-5-8-16(15(18)9-13)20-10-12-3-6-14(17)7-4-12/h3-9,11,19H,10H2,1-2H3. The van der Waals surface area contributed by atoms with Crippen LogP contribution < -0.4 is 10.1 Å². The Balaban J connectivity index is 2.04. The van der Waals surface area contributed by atoms with E-state index < -0.39 is 0 Å². The van der Waals surface area contributed by atoms with Crippen LogP contribution in [0.3, 0.4) is 0 Å². The van der Waals surface area contributed by atoms with E-state index in [1.807, 2.05) is 49.5 Å². The highest BCUT2D eigenvalue weighted by atomic mass is 35.5. The highest BCUT2D eigenvalue weighted by Gasteiger charge is 2.07. The van der Waals surface area contributed by atoms with Crippen LogP contribution in [0.2, 0.25) is 10.0 Å². The maximum atomic E-state index is 6.25. The van der Waals surface area contributed by atoms with Gasteiger partial charge in [0, 0.05) is 11.1 Å². The third-order valence-corrected chi connectivity index (χ3v) is 3.74. The molecule has 0 fully saturated rings. The van der Waals surface area contributed by atoms with Crippen LogP contribution in [0.1, 0.15) is 24.1 Å². The van der Waals surface area contributed by atoms with Crippen LogP contribution in [0.25, 0.3) is 0 Å². The van der Waals surface area contributed by atoms with Crippen molar-refractivity contribution in [2.45, 2.75) is 19.6 Å². The van der Waals surface area contributed by atoms with Crippen LogP contribution in [-0.4, -0.2) is 7.05 Å². The van der Waals surface area contributed by atoms with Gasteiger partial charge < -0.3 is 10.1 Å². The molecule has 0 heterocycles. The van der Waals surface area contributed by atoms with E-state index in [4.69, 9.17) is 27.9 Å². The van der Waals surface area contributed by atoms with Gasteiger partial charge in [-0.15, -0.1) is 0 Å². The number of nitrogens with one attached hydrogen (secondary N) is 1. The summed E-state index contributed by atoms with van der Waals surface area (Å²) in [6.45, 7) is 2.55. The average Bonchev–Trinajstić information content (AvgIpc) is 2.46. The molecule has 2 aromatic rings. The molecular weight excluding hydrogens is 293 g/mol. The Morgan fingerprint density at radius 1 is 1.10 bits per heavy atom. The maximum Gasteiger partial charge on any atom is 0.138 e. The van der Waals surface area contributed by atoms with Crippen molar-refractivity contribution in [3.8, 4) is 5.75 Å². The molecular formula is C16H17Cl2NO. The van der Waals surface area contributed by atoms with Crippen molar-refractivity contribution in [3.05, 3.63) is 63.6 Å². The van der Waals surface area contributed by atoms with Crippen LogP contribution in [-0.2, 0) is 6.61 Å². The molecule has 0 spiro atoms. The Labute approximate surface area is 129 Å². The number of ether oxygens (including phenoxy) is 1. The number of halogens is 2. The minimum atomic E-state index is 0.262. The zero-order valence-corrected chi connectivity index (χ0v) is 13.0. The highest BCUT2D eigenvalue weighted by molar-refractivity contribution is 6.32. The molecule has 2 rings (SSSR count). The highest BCUT2D eigenvalue weighted by Crippen LogP contribution is 2.28. The summed E-state index contributed by atoms with van der Waals surface area (Å²) in [5.74, 6) is 0.689. The Bertz CT molecular complexity index is 569. The molecule has 20 heavy (non-hydrogen) atoms. The van der Waals surface area contributed by atoms with Crippen molar-refractivity contribution in [2.24, 2.45) is 0 Å². The van der Waals surface area contributed by atoms with Crippen LogP contribution in [0.15, 0.2) is 42.5 Å². The predicted octanol–water partition coefficient (Wildman–Crippen LogP) is 4.85. The molecule has 4 heteroatoms. The Hall–Kier alpha value is -1.22. The number of hydrogen-bond acceptors (Lipinski definition) is 2. The smallest absolute Gasteiger partial charge is 0.138 e. The summed E-state index contributed by atoms with van der Waals surface area (Å²) >= 11 is 12.1. The van der Waals surface area contributed by atoms with Gasteiger partial charge in [-0.2, -0.15) is 0 Å². The molecule has 1 N–H and O–H groups in total. The first kappa shape index (κ1) is 15.2. The molecule has 0 aliphatic rings. The third kappa shape index (κ3) is 3.89. The first-order valence-electron chi connectivity index (χ1n) is 6.44. The first-order valence-corrected chi connectivity index (χ1v) is 7.19. The molecule has 2 nitrogen and oxygen atoms in total. The fourth-order valence-electron chi connectivity index (χ4n) is 1.81. The predicted molar refractivity (Wildman–Crippen MR) is 84.7 cm³/mol. The average molecular weight is 310 g/mol. The van der Waals surface area contributed by atoms with E-state index in [1.165, 1.54) is 0 Å².